The van der Waals surface area contributed by atoms with E-state index in [1.807, 2.05) is 31.3 Å². The van der Waals surface area contributed by atoms with Gasteiger partial charge >= 0.3 is 0 Å². The van der Waals surface area contributed by atoms with Crippen LogP contribution in [0.25, 0.3) is 11.2 Å². The van der Waals surface area contributed by atoms with Gasteiger partial charge in [-0.2, -0.15) is 0 Å². The van der Waals surface area contributed by atoms with Crippen LogP contribution in [0.3, 0.4) is 0 Å². The van der Waals surface area contributed by atoms with Gasteiger partial charge in [-0.05, 0) is 38.1 Å². The minimum atomic E-state index is 0.457. The number of likely N-dealkylation sites (tertiary alicyclic amines) is 1. The van der Waals surface area contributed by atoms with Gasteiger partial charge in [0.15, 0.2) is 5.65 Å². The number of hydrogen-bond donors (Lipinski definition) is 0. The minimum Gasteiger partial charge on any atom is -0.494 e. The van der Waals surface area contributed by atoms with Crippen molar-refractivity contribution in [2.45, 2.75) is 25.8 Å². The van der Waals surface area contributed by atoms with E-state index in [1.54, 1.807) is 0 Å². The number of para-hydroxylation sites is 1. The van der Waals surface area contributed by atoms with E-state index >= 15 is 0 Å². The first-order chi connectivity index (χ1) is 12.3. The Kier molecular flexibility index (Phi) is 4.40. The van der Waals surface area contributed by atoms with E-state index < -0.39 is 0 Å². The third kappa shape index (κ3) is 3.12. The summed E-state index contributed by atoms with van der Waals surface area (Å²) in [5.41, 5.74) is 3.22. The SMILES string of the molecule is CCOc1ccccc1CN1CC[C@@H](c2nc3cccnc3n2C)C1. The predicted molar refractivity (Wildman–Crippen MR) is 98.8 cm³/mol. The summed E-state index contributed by atoms with van der Waals surface area (Å²) in [6.45, 7) is 5.77. The van der Waals surface area contributed by atoms with Gasteiger partial charge in [0, 0.05) is 37.8 Å². The molecule has 0 aliphatic carbocycles. The Hall–Kier alpha value is -2.40. The van der Waals surface area contributed by atoms with Crippen molar-refractivity contribution in [3.05, 3.63) is 54.0 Å². The van der Waals surface area contributed by atoms with E-state index in [-0.39, 0.29) is 0 Å². The van der Waals surface area contributed by atoms with Crippen LogP contribution < -0.4 is 4.74 Å². The Balaban J connectivity index is 1.51. The Bertz CT molecular complexity index is 873. The molecule has 5 nitrogen and oxygen atoms in total. The standard InChI is InChI=1S/C20H24N4O/c1-3-25-18-9-5-4-7-15(18)13-24-12-10-16(14-24)19-22-17-8-6-11-21-20(17)23(19)2/h4-9,11,16H,3,10,12-14H2,1-2H3/t16-/m1/s1. The van der Waals surface area contributed by atoms with Crippen LogP contribution in [0, 0.1) is 0 Å². The topological polar surface area (TPSA) is 43.2 Å². The Morgan fingerprint density at radius 1 is 1.20 bits per heavy atom. The van der Waals surface area contributed by atoms with Crippen LogP contribution in [0.4, 0.5) is 0 Å². The number of hydrogen-bond acceptors (Lipinski definition) is 4. The van der Waals surface area contributed by atoms with Crippen molar-refractivity contribution in [3.63, 3.8) is 0 Å². The minimum absolute atomic E-state index is 0.457. The second-order valence-electron chi connectivity index (χ2n) is 6.64. The molecule has 4 rings (SSSR count). The lowest BCUT2D eigenvalue weighted by Crippen LogP contribution is -2.21. The van der Waals surface area contributed by atoms with Gasteiger partial charge in [-0.25, -0.2) is 9.97 Å². The van der Waals surface area contributed by atoms with Crippen molar-refractivity contribution in [1.82, 2.24) is 19.4 Å². The molecule has 1 aliphatic heterocycles. The number of rotatable bonds is 5. The summed E-state index contributed by atoms with van der Waals surface area (Å²) in [5.74, 6) is 2.60. The summed E-state index contributed by atoms with van der Waals surface area (Å²) in [7, 11) is 2.07. The maximum Gasteiger partial charge on any atom is 0.159 e. The summed E-state index contributed by atoms with van der Waals surface area (Å²) in [6, 6.07) is 12.3. The van der Waals surface area contributed by atoms with Gasteiger partial charge in [0.25, 0.3) is 0 Å². The molecule has 0 saturated carbocycles. The Labute approximate surface area is 148 Å². The van der Waals surface area contributed by atoms with Crippen molar-refractivity contribution in [2.24, 2.45) is 7.05 Å². The second kappa shape index (κ2) is 6.84. The Morgan fingerprint density at radius 3 is 2.92 bits per heavy atom. The first-order valence-corrected chi connectivity index (χ1v) is 8.96. The summed E-state index contributed by atoms with van der Waals surface area (Å²) < 4.78 is 7.92. The molecule has 2 aromatic heterocycles. The molecule has 1 atom stereocenters. The lowest BCUT2D eigenvalue weighted by molar-refractivity contribution is 0.301. The highest BCUT2D eigenvalue weighted by molar-refractivity contribution is 5.71. The molecule has 0 bridgehead atoms. The molecule has 0 amide bonds. The summed E-state index contributed by atoms with van der Waals surface area (Å²) in [5, 5.41) is 0. The van der Waals surface area contributed by atoms with E-state index in [9.17, 15) is 0 Å². The average Bonchev–Trinajstić information content (AvgIpc) is 3.22. The zero-order valence-electron chi connectivity index (χ0n) is 14.9. The molecule has 25 heavy (non-hydrogen) atoms. The summed E-state index contributed by atoms with van der Waals surface area (Å²) in [4.78, 5) is 11.8. The van der Waals surface area contributed by atoms with Gasteiger partial charge in [0.2, 0.25) is 0 Å². The van der Waals surface area contributed by atoms with Gasteiger partial charge < -0.3 is 9.30 Å². The molecule has 0 unspecified atom stereocenters. The van der Waals surface area contributed by atoms with Crippen LogP contribution in [0.15, 0.2) is 42.6 Å². The van der Waals surface area contributed by atoms with Crippen LogP contribution in [-0.2, 0) is 13.6 Å². The molecule has 0 spiro atoms. The molecule has 130 valence electrons. The fourth-order valence-corrected chi connectivity index (χ4v) is 3.76. The average molecular weight is 336 g/mol. The highest BCUT2D eigenvalue weighted by Gasteiger charge is 2.28. The van der Waals surface area contributed by atoms with Gasteiger partial charge in [-0.15, -0.1) is 0 Å². The maximum atomic E-state index is 5.77. The first-order valence-electron chi connectivity index (χ1n) is 8.96. The van der Waals surface area contributed by atoms with Gasteiger partial charge in [0.05, 0.1) is 6.61 Å². The van der Waals surface area contributed by atoms with Crippen LogP contribution in [-0.4, -0.2) is 39.1 Å². The third-order valence-electron chi connectivity index (χ3n) is 4.97. The van der Waals surface area contributed by atoms with Crippen LogP contribution in [0.2, 0.25) is 0 Å². The molecular weight excluding hydrogens is 312 g/mol. The second-order valence-corrected chi connectivity index (χ2v) is 6.64. The number of imidazole rings is 1. The van der Waals surface area contributed by atoms with Crippen LogP contribution in [0.5, 0.6) is 5.75 Å². The normalized spacial score (nSPS) is 18.1. The number of nitrogens with zero attached hydrogens (tertiary/aromatic N) is 4. The van der Waals surface area contributed by atoms with E-state index in [1.165, 1.54) is 5.56 Å². The number of pyridine rings is 1. The van der Waals surface area contributed by atoms with Crippen molar-refractivity contribution >= 4 is 11.2 Å². The fraction of sp³-hybridized carbons (Fsp3) is 0.400. The van der Waals surface area contributed by atoms with E-state index in [4.69, 9.17) is 9.72 Å². The quantitative estimate of drug-likeness (QED) is 0.716. The van der Waals surface area contributed by atoms with Gasteiger partial charge in [0.1, 0.15) is 17.1 Å². The highest BCUT2D eigenvalue weighted by Crippen LogP contribution is 2.30. The van der Waals surface area contributed by atoms with Crippen molar-refractivity contribution in [1.29, 1.82) is 0 Å². The van der Waals surface area contributed by atoms with E-state index in [2.05, 4.69) is 39.7 Å². The van der Waals surface area contributed by atoms with Crippen LogP contribution in [0.1, 0.15) is 30.7 Å². The molecular formula is C20H24N4O. The molecule has 5 heteroatoms. The molecule has 1 aliphatic rings. The fourth-order valence-electron chi connectivity index (χ4n) is 3.76. The van der Waals surface area contributed by atoms with Gasteiger partial charge in [-0.3, -0.25) is 4.90 Å². The smallest absolute Gasteiger partial charge is 0.159 e. The number of fused-ring (bicyclic) bond motifs is 1. The lowest BCUT2D eigenvalue weighted by atomic mass is 10.1. The molecule has 3 heterocycles. The van der Waals surface area contributed by atoms with Crippen molar-refractivity contribution in [2.75, 3.05) is 19.7 Å². The summed E-state index contributed by atoms with van der Waals surface area (Å²) in [6.07, 6.45) is 2.97. The van der Waals surface area contributed by atoms with E-state index in [0.717, 1.165) is 48.8 Å². The monoisotopic (exact) mass is 336 g/mol. The zero-order chi connectivity index (χ0) is 17.2. The lowest BCUT2D eigenvalue weighted by Gasteiger charge is -2.18. The molecule has 1 saturated heterocycles. The van der Waals surface area contributed by atoms with Crippen LogP contribution >= 0.6 is 0 Å². The number of ether oxygens (including phenoxy) is 1. The predicted octanol–water partition coefficient (Wildman–Crippen LogP) is 3.36. The highest BCUT2D eigenvalue weighted by atomic mass is 16.5. The first kappa shape index (κ1) is 16.1. The van der Waals surface area contributed by atoms with Crippen molar-refractivity contribution < 1.29 is 4.74 Å². The number of aromatic nitrogens is 3. The maximum absolute atomic E-state index is 5.77. The number of aryl methyl sites for hydroxylation is 1. The molecule has 1 aromatic carbocycles. The largest absolute Gasteiger partial charge is 0.494 e. The van der Waals surface area contributed by atoms with E-state index in [0.29, 0.717) is 12.5 Å². The molecule has 0 radical (unpaired) electrons. The van der Waals surface area contributed by atoms with Gasteiger partial charge in [-0.1, -0.05) is 18.2 Å². The molecule has 3 aromatic rings. The molecule has 1 fully saturated rings. The zero-order valence-corrected chi connectivity index (χ0v) is 14.9. The van der Waals surface area contributed by atoms with Crippen molar-refractivity contribution in [3.8, 4) is 5.75 Å². The third-order valence-corrected chi connectivity index (χ3v) is 4.97. The Morgan fingerprint density at radius 2 is 2.08 bits per heavy atom. The summed E-state index contributed by atoms with van der Waals surface area (Å²) >= 11 is 0. The molecule has 0 N–H and O–H groups in total. The number of benzene rings is 1.